The maximum Gasteiger partial charge on any atom is 0.226 e. The third-order valence-corrected chi connectivity index (χ3v) is 5.81. The van der Waals surface area contributed by atoms with Crippen molar-refractivity contribution < 1.29 is 18.0 Å². The topological polar surface area (TPSA) is 93.3 Å². The molecule has 1 fully saturated rings. The van der Waals surface area contributed by atoms with Gasteiger partial charge in [-0.2, -0.15) is 4.98 Å². The van der Waals surface area contributed by atoms with Gasteiger partial charge < -0.3 is 9.63 Å². The van der Waals surface area contributed by atoms with Crippen molar-refractivity contribution in [1.29, 1.82) is 0 Å². The smallest absolute Gasteiger partial charge is 0.226 e. The molecule has 6 nitrogen and oxygen atoms in total. The minimum atomic E-state index is -3.46. The van der Waals surface area contributed by atoms with Crippen molar-refractivity contribution in [2.45, 2.75) is 64.2 Å². The van der Waals surface area contributed by atoms with Gasteiger partial charge in [0.25, 0.3) is 0 Å². The Bertz CT molecular complexity index is 586. The molecule has 0 radical (unpaired) electrons. The van der Waals surface area contributed by atoms with Crippen LogP contribution in [0.25, 0.3) is 0 Å². The molecule has 1 aliphatic rings. The highest BCUT2D eigenvalue weighted by molar-refractivity contribution is 7.90. The largest absolute Gasteiger partial charge is 0.389 e. The van der Waals surface area contributed by atoms with E-state index in [0.29, 0.717) is 37.0 Å². The molecule has 1 N–H and O–H groups in total. The third-order valence-electron chi connectivity index (χ3n) is 4.14. The Kier molecular flexibility index (Phi) is 5.27. The monoisotopic (exact) mass is 330 g/mol. The van der Waals surface area contributed by atoms with E-state index in [1.54, 1.807) is 0 Å². The first-order valence-electron chi connectivity index (χ1n) is 7.92. The second kappa shape index (κ2) is 6.66. The van der Waals surface area contributed by atoms with Gasteiger partial charge in [-0.25, -0.2) is 8.42 Å². The molecule has 0 bridgehead atoms. The summed E-state index contributed by atoms with van der Waals surface area (Å²) in [6.45, 7) is 6.18. The lowest BCUT2D eigenvalue weighted by Gasteiger charge is -2.34. The molecule has 0 aromatic carbocycles. The summed E-state index contributed by atoms with van der Waals surface area (Å²) in [6, 6.07) is 0. The molecule has 0 amide bonds. The number of hydrogen-bond donors (Lipinski definition) is 1. The van der Waals surface area contributed by atoms with E-state index in [9.17, 15) is 13.5 Å². The molecular weight excluding hydrogens is 304 g/mol. The van der Waals surface area contributed by atoms with Gasteiger partial charge in [0, 0.05) is 6.42 Å². The van der Waals surface area contributed by atoms with Crippen molar-refractivity contribution in [3.8, 4) is 0 Å². The molecule has 0 spiro atoms. The van der Waals surface area contributed by atoms with Crippen molar-refractivity contribution in [2.75, 3.05) is 5.75 Å². The molecule has 0 atom stereocenters. The number of rotatable bonds is 6. The van der Waals surface area contributed by atoms with Gasteiger partial charge in [-0.1, -0.05) is 25.9 Å². The van der Waals surface area contributed by atoms with E-state index < -0.39 is 15.4 Å². The lowest BCUT2D eigenvalue weighted by molar-refractivity contribution is 0.0135. The normalized spacial score (nSPS) is 26.5. The van der Waals surface area contributed by atoms with Crippen LogP contribution in [0, 0.1) is 11.8 Å². The maximum atomic E-state index is 12.3. The first-order chi connectivity index (χ1) is 10.2. The molecule has 1 aliphatic carbocycles. The van der Waals surface area contributed by atoms with E-state index in [1.165, 1.54) is 0 Å². The van der Waals surface area contributed by atoms with Crippen LogP contribution in [0.1, 0.15) is 58.2 Å². The van der Waals surface area contributed by atoms with Gasteiger partial charge in [0.1, 0.15) is 5.75 Å². The van der Waals surface area contributed by atoms with Crippen LogP contribution >= 0.6 is 0 Å². The zero-order chi connectivity index (χ0) is 16.4. The Labute approximate surface area is 132 Å². The molecule has 1 saturated carbocycles. The molecule has 0 unspecified atom stereocenters. The molecule has 7 heteroatoms. The van der Waals surface area contributed by atoms with Gasteiger partial charge in [-0.15, -0.1) is 0 Å². The van der Waals surface area contributed by atoms with Crippen molar-refractivity contribution in [2.24, 2.45) is 11.8 Å². The number of hydrogen-bond acceptors (Lipinski definition) is 6. The van der Waals surface area contributed by atoms with Crippen LogP contribution in [0.5, 0.6) is 0 Å². The van der Waals surface area contributed by atoms with E-state index in [1.807, 2.05) is 13.8 Å². The van der Waals surface area contributed by atoms with E-state index in [2.05, 4.69) is 17.1 Å². The molecule has 126 valence electrons. The van der Waals surface area contributed by atoms with Crippen LogP contribution in [0.2, 0.25) is 0 Å². The molecular formula is C15H26N2O4S. The van der Waals surface area contributed by atoms with Crippen LogP contribution in [-0.4, -0.2) is 35.0 Å². The van der Waals surface area contributed by atoms with Crippen molar-refractivity contribution in [1.82, 2.24) is 10.1 Å². The predicted octanol–water partition coefficient (Wildman–Crippen LogP) is 2.12. The third kappa shape index (κ3) is 5.05. The first-order valence-corrected chi connectivity index (χ1v) is 9.74. The number of aliphatic hydroxyl groups is 1. The SMILES string of the molecule is CC(C)Cc1nc(CS(=O)(=O)CC2(O)CCC(C)CC2)no1. The van der Waals surface area contributed by atoms with Crippen LogP contribution in [0.15, 0.2) is 4.52 Å². The van der Waals surface area contributed by atoms with Crippen LogP contribution in [-0.2, 0) is 22.0 Å². The standard InChI is InChI=1S/C15H26N2O4S/c1-11(2)8-14-16-13(17-21-14)9-22(19,20)10-15(18)6-4-12(3)5-7-15/h11-12,18H,4-10H2,1-3H3. The summed E-state index contributed by atoms with van der Waals surface area (Å²) >= 11 is 0. The fraction of sp³-hybridized carbons (Fsp3) is 0.867. The first kappa shape index (κ1) is 17.4. The summed E-state index contributed by atoms with van der Waals surface area (Å²) in [5.41, 5.74) is -1.10. The van der Waals surface area contributed by atoms with Crippen LogP contribution < -0.4 is 0 Å². The number of aromatic nitrogens is 2. The summed E-state index contributed by atoms with van der Waals surface area (Å²) in [5.74, 6) is 1.08. The van der Waals surface area contributed by atoms with Crippen molar-refractivity contribution >= 4 is 9.84 Å². The Hall–Kier alpha value is -0.950. The van der Waals surface area contributed by atoms with Gasteiger partial charge >= 0.3 is 0 Å². The molecule has 0 saturated heterocycles. The van der Waals surface area contributed by atoms with E-state index in [4.69, 9.17) is 4.52 Å². The lowest BCUT2D eigenvalue weighted by Crippen LogP contribution is -2.40. The lowest BCUT2D eigenvalue weighted by atomic mass is 9.81. The van der Waals surface area contributed by atoms with Gasteiger partial charge in [-0.05, 0) is 37.5 Å². The van der Waals surface area contributed by atoms with Gasteiger partial charge in [0.05, 0.1) is 11.4 Å². The molecule has 2 rings (SSSR count). The Morgan fingerprint density at radius 1 is 1.36 bits per heavy atom. The fourth-order valence-corrected chi connectivity index (χ4v) is 4.60. The Morgan fingerprint density at radius 2 is 2.00 bits per heavy atom. The van der Waals surface area contributed by atoms with E-state index in [-0.39, 0.29) is 17.3 Å². The predicted molar refractivity (Wildman–Crippen MR) is 82.9 cm³/mol. The second-order valence-electron chi connectivity index (χ2n) is 7.14. The average Bonchev–Trinajstić information content (AvgIpc) is 2.78. The molecule has 22 heavy (non-hydrogen) atoms. The fourth-order valence-electron chi connectivity index (χ4n) is 2.88. The van der Waals surface area contributed by atoms with E-state index >= 15 is 0 Å². The summed E-state index contributed by atoms with van der Waals surface area (Å²) in [7, 11) is -3.46. The Morgan fingerprint density at radius 3 is 2.59 bits per heavy atom. The molecule has 0 aliphatic heterocycles. The minimum Gasteiger partial charge on any atom is -0.389 e. The average molecular weight is 330 g/mol. The Balaban J connectivity index is 1.97. The number of nitrogens with zero attached hydrogens (tertiary/aromatic N) is 2. The minimum absolute atomic E-state index is 0.184. The summed E-state index contributed by atoms with van der Waals surface area (Å²) < 4.78 is 29.7. The van der Waals surface area contributed by atoms with Crippen molar-refractivity contribution in [3.05, 3.63) is 11.7 Å². The highest BCUT2D eigenvalue weighted by atomic mass is 32.2. The second-order valence-corrected chi connectivity index (χ2v) is 9.21. The zero-order valence-corrected chi connectivity index (χ0v) is 14.4. The maximum absolute atomic E-state index is 12.3. The van der Waals surface area contributed by atoms with Crippen LogP contribution in [0.3, 0.4) is 0 Å². The van der Waals surface area contributed by atoms with Gasteiger partial charge in [0.2, 0.25) is 5.89 Å². The quantitative estimate of drug-likeness (QED) is 0.859. The van der Waals surface area contributed by atoms with Gasteiger partial charge in [0.15, 0.2) is 15.7 Å². The molecule has 1 aromatic rings. The summed E-state index contributed by atoms with van der Waals surface area (Å²) in [4.78, 5) is 4.12. The molecule has 1 heterocycles. The summed E-state index contributed by atoms with van der Waals surface area (Å²) in [5, 5.41) is 14.2. The number of sulfone groups is 1. The van der Waals surface area contributed by atoms with Crippen LogP contribution in [0.4, 0.5) is 0 Å². The van der Waals surface area contributed by atoms with E-state index in [0.717, 1.165) is 12.8 Å². The zero-order valence-electron chi connectivity index (χ0n) is 13.6. The van der Waals surface area contributed by atoms with Gasteiger partial charge in [-0.3, -0.25) is 0 Å². The summed E-state index contributed by atoms with van der Waals surface area (Å²) in [6.07, 6.45) is 3.45. The molecule has 1 aromatic heterocycles. The highest BCUT2D eigenvalue weighted by Crippen LogP contribution is 2.33. The highest BCUT2D eigenvalue weighted by Gasteiger charge is 2.36. The van der Waals surface area contributed by atoms with Crippen molar-refractivity contribution in [3.63, 3.8) is 0 Å².